The number of hydrogen-bond acceptors (Lipinski definition) is 4. The third-order valence-corrected chi connectivity index (χ3v) is 3.30. The molecule has 1 rings (SSSR count). The number of carbonyl (C=O) groups excluding carboxylic acids is 2. The van der Waals surface area contributed by atoms with E-state index in [2.05, 4.69) is 15.7 Å². The Morgan fingerprint density at radius 1 is 1.43 bits per heavy atom. The molecule has 2 N–H and O–H groups in total. The molecule has 1 aromatic heterocycles. The Hall–Kier alpha value is -1.60. The van der Waals surface area contributed by atoms with Crippen LogP contribution >= 0.6 is 23.2 Å². The van der Waals surface area contributed by atoms with Gasteiger partial charge in [0, 0.05) is 6.54 Å². The summed E-state index contributed by atoms with van der Waals surface area (Å²) < 4.78 is 0.875. The number of halogens is 2. The first-order chi connectivity index (χ1) is 9.86. The molecule has 2 amide bonds. The van der Waals surface area contributed by atoms with Crippen LogP contribution in [0.2, 0.25) is 10.0 Å². The number of nitrogens with one attached hydrogen (secondary N) is 2. The lowest BCUT2D eigenvalue weighted by Crippen LogP contribution is -2.46. The number of carbonyl (C=O) groups is 2. The van der Waals surface area contributed by atoms with Gasteiger partial charge in [0.05, 0.1) is 11.2 Å². The number of amides is 2. The molecule has 1 aromatic rings. The molecule has 0 saturated carbocycles. The molecule has 0 aromatic carbocycles. The largest absolute Gasteiger partial charge is 0.354 e. The first-order valence-electron chi connectivity index (χ1n) is 6.35. The van der Waals surface area contributed by atoms with Crippen molar-refractivity contribution in [2.45, 2.75) is 32.9 Å². The molecule has 9 heteroatoms. The van der Waals surface area contributed by atoms with Crippen molar-refractivity contribution >= 4 is 35.0 Å². The minimum absolute atomic E-state index is 0.0191. The van der Waals surface area contributed by atoms with Gasteiger partial charge in [0.15, 0.2) is 0 Å². The van der Waals surface area contributed by atoms with Crippen LogP contribution in [-0.2, 0) is 16.1 Å². The van der Waals surface area contributed by atoms with Crippen molar-refractivity contribution in [3.63, 3.8) is 0 Å². The maximum Gasteiger partial charge on any atom is 0.287 e. The van der Waals surface area contributed by atoms with Gasteiger partial charge in [-0.05, 0) is 13.3 Å². The molecule has 1 atom stereocenters. The lowest BCUT2D eigenvalue weighted by molar-refractivity contribution is -0.129. The quantitative estimate of drug-likeness (QED) is 0.795. The molecule has 0 radical (unpaired) electrons. The van der Waals surface area contributed by atoms with E-state index in [1.165, 1.54) is 6.20 Å². The molecular weight excluding hydrogens is 319 g/mol. The van der Waals surface area contributed by atoms with Gasteiger partial charge < -0.3 is 10.6 Å². The second kappa shape index (κ2) is 7.99. The van der Waals surface area contributed by atoms with Crippen molar-refractivity contribution < 1.29 is 9.59 Å². The minimum atomic E-state index is -0.706. The van der Waals surface area contributed by atoms with Crippen LogP contribution in [0.15, 0.2) is 11.0 Å². The van der Waals surface area contributed by atoms with Crippen LogP contribution in [0.25, 0.3) is 0 Å². The molecule has 7 nitrogen and oxygen atoms in total. The lowest BCUT2D eigenvalue weighted by Gasteiger charge is -2.14. The van der Waals surface area contributed by atoms with E-state index < -0.39 is 17.5 Å². The third-order valence-electron chi connectivity index (χ3n) is 2.56. The van der Waals surface area contributed by atoms with Crippen LogP contribution in [0.4, 0.5) is 0 Å². The minimum Gasteiger partial charge on any atom is -0.354 e. The highest BCUT2D eigenvalue weighted by Gasteiger charge is 2.16. The van der Waals surface area contributed by atoms with E-state index in [9.17, 15) is 14.4 Å². The Morgan fingerprint density at radius 2 is 2.10 bits per heavy atom. The fourth-order valence-corrected chi connectivity index (χ4v) is 1.72. The molecule has 0 aliphatic heterocycles. The Labute approximate surface area is 131 Å². The summed E-state index contributed by atoms with van der Waals surface area (Å²) >= 11 is 11.3. The summed E-state index contributed by atoms with van der Waals surface area (Å²) in [6, 6.07) is -0.706. The molecule has 0 saturated heterocycles. The summed E-state index contributed by atoms with van der Waals surface area (Å²) in [6.07, 6.45) is 1.98. The van der Waals surface area contributed by atoms with Gasteiger partial charge in [-0.1, -0.05) is 30.1 Å². The maximum absolute atomic E-state index is 11.8. The summed E-state index contributed by atoms with van der Waals surface area (Å²) in [5, 5.41) is 8.65. The lowest BCUT2D eigenvalue weighted by atomic mass is 10.3. The fraction of sp³-hybridized carbons (Fsp3) is 0.500. The molecule has 0 unspecified atom stereocenters. The van der Waals surface area contributed by atoms with Gasteiger partial charge in [-0.25, -0.2) is 4.68 Å². The molecule has 0 aliphatic carbocycles. The maximum atomic E-state index is 11.8. The summed E-state index contributed by atoms with van der Waals surface area (Å²) in [6.45, 7) is 3.66. The van der Waals surface area contributed by atoms with Crippen LogP contribution in [-0.4, -0.2) is 34.2 Å². The molecule has 0 bridgehead atoms. The van der Waals surface area contributed by atoms with Crippen molar-refractivity contribution in [3.05, 3.63) is 26.6 Å². The second-order valence-corrected chi connectivity index (χ2v) is 5.13. The van der Waals surface area contributed by atoms with Crippen LogP contribution < -0.4 is 16.2 Å². The average Bonchev–Trinajstić information content (AvgIpc) is 2.45. The molecule has 0 aliphatic rings. The number of nitrogens with zero attached hydrogens (tertiary/aromatic N) is 2. The number of aromatic nitrogens is 2. The highest BCUT2D eigenvalue weighted by Crippen LogP contribution is 2.14. The number of hydrogen-bond donors (Lipinski definition) is 2. The van der Waals surface area contributed by atoms with Crippen LogP contribution in [0.3, 0.4) is 0 Å². The van der Waals surface area contributed by atoms with Gasteiger partial charge in [0.2, 0.25) is 11.8 Å². The van der Waals surface area contributed by atoms with Gasteiger partial charge in [-0.3, -0.25) is 14.4 Å². The highest BCUT2D eigenvalue weighted by molar-refractivity contribution is 6.41. The van der Waals surface area contributed by atoms with Gasteiger partial charge in [0.25, 0.3) is 5.56 Å². The van der Waals surface area contributed by atoms with E-state index in [1.807, 2.05) is 6.92 Å². The predicted octanol–water partition coefficient (Wildman–Crippen LogP) is 0.581. The Bertz CT molecular complexity index is 588. The van der Waals surface area contributed by atoms with Crippen LogP contribution in [0.1, 0.15) is 20.3 Å². The SMILES string of the molecule is CCCNC(=O)[C@@H](C)NC(=O)Cn1ncc(Cl)c(Cl)c1=O. The summed E-state index contributed by atoms with van der Waals surface area (Å²) in [5.74, 6) is -0.818. The van der Waals surface area contributed by atoms with Crippen molar-refractivity contribution in [2.24, 2.45) is 0 Å². The van der Waals surface area contributed by atoms with E-state index in [-0.39, 0.29) is 22.5 Å². The first kappa shape index (κ1) is 17.5. The van der Waals surface area contributed by atoms with Crippen molar-refractivity contribution in [1.29, 1.82) is 0 Å². The van der Waals surface area contributed by atoms with E-state index in [4.69, 9.17) is 23.2 Å². The molecule has 116 valence electrons. The monoisotopic (exact) mass is 334 g/mol. The fourth-order valence-electron chi connectivity index (χ4n) is 1.45. The van der Waals surface area contributed by atoms with Gasteiger partial charge in [0.1, 0.15) is 17.6 Å². The molecule has 0 spiro atoms. The Balaban J connectivity index is 2.64. The van der Waals surface area contributed by atoms with Crippen LogP contribution in [0.5, 0.6) is 0 Å². The predicted molar refractivity (Wildman–Crippen MR) is 79.4 cm³/mol. The smallest absolute Gasteiger partial charge is 0.287 e. The Morgan fingerprint density at radius 3 is 2.71 bits per heavy atom. The summed E-state index contributed by atoms with van der Waals surface area (Å²) in [7, 11) is 0. The molecule has 21 heavy (non-hydrogen) atoms. The van der Waals surface area contributed by atoms with Gasteiger partial charge in [-0.2, -0.15) is 5.10 Å². The van der Waals surface area contributed by atoms with E-state index in [0.29, 0.717) is 6.54 Å². The normalized spacial score (nSPS) is 11.8. The average molecular weight is 335 g/mol. The topological polar surface area (TPSA) is 93.1 Å². The summed E-state index contributed by atoms with van der Waals surface area (Å²) in [4.78, 5) is 35.1. The van der Waals surface area contributed by atoms with Gasteiger partial charge in [-0.15, -0.1) is 0 Å². The summed E-state index contributed by atoms with van der Waals surface area (Å²) in [5.41, 5.74) is -0.664. The van der Waals surface area contributed by atoms with Crippen molar-refractivity contribution in [1.82, 2.24) is 20.4 Å². The molecule has 0 fully saturated rings. The van der Waals surface area contributed by atoms with E-state index >= 15 is 0 Å². The van der Waals surface area contributed by atoms with Gasteiger partial charge >= 0.3 is 0 Å². The second-order valence-electron chi connectivity index (χ2n) is 4.35. The van der Waals surface area contributed by atoms with Crippen molar-refractivity contribution in [3.8, 4) is 0 Å². The zero-order valence-electron chi connectivity index (χ0n) is 11.7. The highest BCUT2D eigenvalue weighted by atomic mass is 35.5. The zero-order valence-corrected chi connectivity index (χ0v) is 13.2. The standard InChI is InChI=1S/C12H16Cl2N4O3/c1-3-4-15-11(20)7(2)17-9(19)6-18-12(21)10(14)8(13)5-16-18/h5,7H,3-4,6H2,1-2H3,(H,15,20)(H,17,19)/t7-/m1/s1. The number of rotatable bonds is 6. The molecular formula is C12H16Cl2N4O3. The van der Waals surface area contributed by atoms with Crippen LogP contribution in [0, 0.1) is 0 Å². The Kier molecular flexibility index (Phi) is 6.64. The third kappa shape index (κ3) is 5.02. The zero-order chi connectivity index (χ0) is 16.0. The van der Waals surface area contributed by atoms with E-state index in [0.717, 1.165) is 11.1 Å². The van der Waals surface area contributed by atoms with Crippen molar-refractivity contribution in [2.75, 3.05) is 6.54 Å². The molecule has 1 heterocycles. The first-order valence-corrected chi connectivity index (χ1v) is 7.10. The van der Waals surface area contributed by atoms with E-state index in [1.54, 1.807) is 6.92 Å².